The van der Waals surface area contributed by atoms with E-state index in [-0.39, 0.29) is 5.41 Å². The Labute approximate surface area is 753 Å². The Morgan fingerprint density at radius 3 is 0.577 bits per heavy atom. The molecule has 14 aromatic carbocycles. The molecule has 0 spiro atoms. The van der Waals surface area contributed by atoms with Crippen molar-refractivity contribution >= 4 is 28.8 Å². The molecule has 123 heavy (non-hydrogen) atoms. The summed E-state index contributed by atoms with van der Waals surface area (Å²) in [4.78, 5) is 0. The van der Waals surface area contributed by atoms with Gasteiger partial charge in [0.1, 0.15) is 0 Å². The zero-order valence-corrected chi connectivity index (χ0v) is 82.6. The molecule has 1 nitrogen and oxygen atoms in total. The monoisotopic (exact) mass is 1660 g/mol. The van der Waals surface area contributed by atoms with Crippen LogP contribution in [0.5, 0.6) is 0 Å². The van der Waals surface area contributed by atoms with Crippen LogP contribution in [0.2, 0.25) is 0 Å². The fraction of sp³-hybridized carbons (Fsp3) is 0.306. The highest BCUT2D eigenvalue weighted by Gasteiger charge is 2.41. The molecule has 1 fully saturated rings. The Kier molecular flexibility index (Phi) is 54.9. The molecule has 0 aliphatic heterocycles. The van der Waals surface area contributed by atoms with E-state index in [1.165, 1.54) is 158 Å². The van der Waals surface area contributed by atoms with Crippen molar-refractivity contribution in [3.63, 3.8) is 0 Å². The first-order chi connectivity index (χ1) is 60.1. The fourth-order valence-corrected chi connectivity index (χ4v) is 20.7. The van der Waals surface area contributed by atoms with Crippen LogP contribution in [0.4, 0.5) is 0 Å². The SMILES string of the molecule is CC.CC.CC.CC.CC.CC.CC.CC.CC1CC(C)CC(C)C1.CCC.COC.Cc1ccc2c(c1)-c1cc(C)ccc1-c1ccc(C)cc1-c1cc(C)ccc1-2.Cc1cccc(-c2cccc(C)c2)c1.c1ccc(C(c2ccccc2)(c2ccccc2)c2ccccc2)cc1.c1ccc([Si](c2ccccc2)(c2ccccc2)c2ccccc2)cc1. The maximum absolute atomic E-state index is 4.25. The predicted octanol–water partition coefficient (Wildman–Crippen LogP) is 34.0. The molecule has 2 aliphatic rings. The van der Waals surface area contributed by atoms with Crippen LogP contribution in [0.1, 0.15) is 227 Å². The molecule has 0 atom stereocenters. The number of fused-ring (bicyclic) bond motifs is 8. The van der Waals surface area contributed by atoms with Gasteiger partial charge in [-0.2, -0.15) is 0 Å². The zero-order valence-electron chi connectivity index (χ0n) is 81.6. The van der Waals surface area contributed by atoms with Gasteiger partial charge in [-0.1, -0.05) is 549 Å². The molecule has 0 amide bonds. The number of hydrogen-bond acceptors (Lipinski definition) is 1. The lowest BCUT2D eigenvalue weighted by molar-refractivity contribution is 0.233. The van der Waals surface area contributed by atoms with Gasteiger partial charge in [0, 0.05) is 14.2 Å². The molecule has 0 radical (unpaired) electrons. The minimum Gasteiger partial charge on any atom is -0.388 e. The lowest BCUT2D eigenvalue weighted by Gasteiger charge is -2.36. The average molecular weight is 1660 g/mol. The topological polar surface area (TPSA) is 9.23 Å². The lowest BCUT2D eigenvalue weighted by Crippen LogP contribution is -2.74. The number of rotatable bonds is 9. The van der Waals surface area contributed by atoms with Crippen molar-refractivity contribution in [1.82, 2.24) is 0 Å². The molecule has 2 aliphatic carbocycles. The first kappa shape index (κ1) is 108. The Morgan fingerprint density at radius 2 is 0.398 bits per heavy atom. The standard InChI is InChI=1S/C28H24.C25H20.C24H20Si.C14H14.C9H18.C3H8.C2H6O.8C2H6/c1-17-5-9-21-22-10-6-19(3)15-27(22)28-16-20(4)8-12-24(28)23-11-7-18(2)14-26(23)25(21)13-17;2*1-5-13-21(14-6-1)25(22-15-7-2-8-16-22,23-17-9-3-10-18-23)24-19-11-4-12-20-24;1-11-5-3-7-13(9-11)14-8-4-6-12(2)10-14;1-7-4-8(2)6-9(3)5-7;2*1-3-2;8*1-2/h5-16H,1-4H3;2*1-20H;3-10H,1-2H3;7-9H,4-6H2,1-3H3;3H2,1-2H3;1-2H3;8*1-2H3. The summed E-state index contributed by atoms with van der Waals surface area (Å²) in [6.45, 7) is 56.4. The van der Waals surface area contributed by atoms with Gasteiger partial charge in [-0.25, -0.2) is 0 Å². The third kappa shape index (κ3) is 31.5. The van der Waals surface area contributed by atoms with Crippen LogP contribution in [0.3, 0.4) is 0 Å². The van der Waals surface area contributed by atoms with Crippen molar-refractivity contribution < 1.29 is 4.74 Å². The number of ether oxygens (including phenoxy) is 1. The van der Waals surface area contributed by atoms with Crippen molar-refractivity contribution in [2.45, 2.75) is 218 Å². The summed E-state index contributed by atoms with van der Waals surface area (Å²) in [5.74, 6) is 2.97. The van der Waals surface area contributed by atoms with Crippen molar-refractivity contribution in [2.24, 2.45) is 17.8 Å². The van der Waals surface area contributed by atoms with E-state index in [9.17, 15) is 0 Å². The summed E-state index contributed by atoms with van der Waals surface area (Å²) >= 11 is 0. The van der Waals surface area contributed by atoms with Crippen molar-refractivity contribution in [3.05, 3.63) is 420 Å². The minimum atomic E-state index is -2.30. The molecular weight excluding hydrogens is 1500 g/mol. The molecule has 0 bridgehead atoms. The third-order valence-electron chi connectivity index (χ3n) is 20.3. The van der Waals surface area contributed by atoms with Crippen LogP contribution < -0.4 is 20.7 Å². The zero-order chi connectivity index (χ0) is 91.6. The van der Waals surface area contributed by atoms with Crippen LogP contribution >= 0.6 is 0 Å². The highest BCUT2D eigenvalue weighted by molar-refractivity contribution is 7.19. The molecule has 0 saturated heterocycles. The van der Waals surface area contributed by atoms with Gasteiger partial charge in [-0.05, 0) is 177 Å². The number of benzene rings is 14. The summed E-state index contributed by atoms with van der Waals surface area (Å²) in [7, 11) is 0.950. The number of hydrogen-bond donors (Lipinski definition) is 0. The molecule has 0 N–H and O–H groups in total. The van der Waals surface area contributed by atoms with E-state index in [0.29, 0.717) is 0 Å². The van der Waals surface area contributed by atoms with Gasteiger partial charge in [0.05, 0.1) is 5.41 Å². The maximum atomic E-state index is 4.25. The average Bonchev–Trinajstić information content (AvgIpc) is 0.752. The number of aryl methyl sites for hydroxylation is 6. The van der Waals surface area contributed by atoms with Gasteiger partial charge < -0.3 is 4.74 Å². The lowest BCUT2D eigenvalue weighted by atomic mass is 9.65. The number of methoxy groups -OCH3 is 1. The highest BCUT2D eigenvalue weighted by atomic mass is 28.3. The van der Waals surface area contributed by atoms with Crippen LogP contribution in [-0.2, 0) is 10.2 Å². The van der Waals surface area contributed by atoms with Crippen molar-refractivity contribution in [1.29, 1.82) is 0 Å². The molecule has 652 valence electrons. The second kappa shape index (κ2) is 62.4. The van der Waals surface area contributed by atoms with E-state index < -0.39 is 8.07 Å². The summed E-state index contributed by atoms with van der Waals surface area (Å²) < 4.78 is 4.25. The van der Waals surface area contributed by atoms with E-state index in [2.05, 4.69) is 445 Å². The highest BCUT2D eigenvalue weighted by Crippen LogP contribution is 2.49. The normalized spacial score (nSPS) is 12.3. The molecule has 14 aromatic rings. The summed E-state index contributed by atoms with van der Waals surface area (Å²) in [5.41, 5.74) is 25.8. The molecular formula is C121H158OSi. The van der Waals surface area contributed by atoms with Gasteiger partial charge in [-0.3, -0.25) is 0 Å². The third-order valence-corrected chi connectivity index (χ3v) is 25.1. The summed E-state index contributed by atoms with van der Waals surface area (Å²) in [6, 6.07) is 132. The van der Waals surface area contributed by atoms with Gasteiger partial charge in [0.2, 0.25) is 0 Å². The minimum absolute atomic E-state index is 0.328. The molecule has 0 aromatic heterocycles. The van der Waals surface area contributed by atoms with Crippen LogP contribution in [0.25, 0.3) is 55.6 Å². The smallest absolute Gasteiger partial charge is 0.179 e. The van der Waals surface area contributed by atoms with Gasteiger partial charge in [0.25, 0.3) is 0 Å². The first-order valence-electron chi connectivity index (χ1n) is 46.5. The van der Waals surface area contributed by atoms with Crippen molar-refractivity contribution in [3.8, 4) is 55.6 Å². The molecule has 16 rings (SSSR count). The van der Waals surface area contributed by atoms with Crippen molar-refractivity contribution in [2.75, 3.05) is 14.2 Å². The van der Waals surface area contributed by atoms with Gasteiger partial charge in [-0.15, -0.1) is 0 Å². The molecule has 2 heteroatoms. The molecule has 0 unspecified atom stereocenters. The van der Waals surface area contributed by atoms with Crippen LogP contribution in [-0.4, -0.2) is 22.3 Å². The van der Waals surface area contributed by atoms with Gasteiger partial charge in [0.15, 0.2) is 8.07 Å². The van der Waals surface area contributed by atoms with Crippen LogP contribution in [0.15, 0.2) is 364 Å². The Hall–Kier alpha value is -10.7. The molecule has 1 saturated carbocycles. The fourth-order valence-electron chi connectivity index (χ4n) is 16.0. The quantitative estimate of drug-likeness (QED) is 0.103. The predicted molar refractivity (Wildman–Crippen MR) is 558 cm³/mol. The maximum Gasteiger partial charge on any atom is 0.179 e. The Morgan fingerprint density at radius 1 is 0.228 bits per heavy atom. The molecule has 0 heterocycles. The van der Waals surface area contributed by atoms with E-state index in [4.69, 9.17) is 0 Å². The van der Waals surface area contributed by atoms with Gasteiger partial charge >= 0.3 is 0 Å². The Balaban J connectivity index is 0.000000506. The largest absolute Gasteiger partial charge is 0.388 e. The van der Waals surface area contributed by atoms with E-state index in [1.54, 1.807) is 14.2 Å². The Bertz CT molecular complexity index is 4220. The van der Waals surface area contributed by atoms with E-state index >= 15 is 0 Å². The summed E-state index contributed by atoms with van der Waals surface area (Å²) in [5, 5.41) is 5.66. The first-order valence-corrected chi connectivity index (χ1v) is 48.5. The van der Waals surface area contributed by atoms with E-state index in [1.807, 2.05) is 111 Å². The second-order valence-corrected chi connectivity index (χ2v) is 33.3. The van der Waals surface area contributed by atoms with E-state index in [0.717, 1.165) is 17.8 Å². The van der Waals surface area contributed by atoms with Crippen LogP contribution in [0, 0.1) is 59.3 Å². The summed E-state index contributed by atoms with van der Waals surface area (Å²) in [6.07, 6.45) is 5.64. The second-order valence-electron chi connectivity index (χ2n) is 29.5.